The second-order valence-corrected chi connectivity index (χ2v) is 6.90. The number of imidazole rings is 1. The molecule has 0 saturated carbocycles. The van der Waals surface area contributed by atoms with Gasteiger partial charge in [0.1, 0.15) is 11.5 Å². The molecule has 2 heterocycles. The largest absolute Gasteiger partial charge is 0.307 e. The molecule has 0 fully saturated rings. The third-order valence-corrected chi connectivity index (χ3v) is 5.22. The number of halogens is 1. The van der Waals surface area contributed by atoms with E-state index in [0.717, 1.165) is 24.2 Å². The number of rotatable bonds is 3. The van der Waals surface area contributed by atoms with Gasteiger partial charge in [-0.05, 0) is 55.0 Å². The van der Waals surface area contributed by atoms with Crippen molar-refractivity contribution in [3.8, 4) is 5.69 Å². The number of hydrogen-bond acceptors (Lipinski definition) is 3. The SMILES string of the molecule is CSc1ncc(C(=O)N2CCCc3ccccc32)n1-c1ccc(F)cc1. The molecule has 0 radical (unpaired) electrons. The Labute approximate surface area is 155 Å². The molecule has 26 heavy (non-hydrogen) atoms. The van der Waals surface area contributed by atoms with Crippen LogP contribution in [-0.2, 0) is 6.42 Å². The summed E-state index contributed by atoms with van der Waals surface area (Å²) in [5.41, 5.74) is 3.35. The van der Waals surface area contributed by atoms with Crippen LogP contribution in [0.4, 0.5) is 10.1 Å². The van der Waals surface area contributed by atoms with Crippen molar-refractivity contribution in [2.45, 2.75) is 18.0 Å². The lowest BCUT2D eigenvalue weighted by atomic mass is 10.0. The number of aromatic nitrogens is 2. The van der Waals surface area contributed by atoms with Gasteiger partial charge in [-0.15, -0.1) is 0 Å². The summed E-state index contributed by atoms with van der Waals surface area (Å²) in [5.74, 6) is -0.397. The van der Waals surface area contributed by atoms with Crippen molar-refractivity contribution in [2.24, 2.45) is 0 Å². The summed E-state index contributed by atoms with van der Waals surface area (Å²) in [6.07, 6.45) is 5.43. The molecule has 4 nitrogen and oxygen atoms in total. The lowest BCUT2D eigenvalue weighted by molar-refractivity contribution is 0.0978. The van der Waals surface area contributed by atoms with Crippen LogP contribution >= 0.6 is 11.8 Å². The Balaban J connectivity index is 1.78. The van der Waals surface area contributed by atoms with Gasteiger partial charge in [0.15, 0.2) is 5.16 Å². The van der Waals surface area contributed by atoms with Crippen molar-refractivity contribution in [1.82, 2.24) is 9.55 Å². The summed E-state index contributed by atoms with van der Waals surface area (Å²) in [7, 11) is 0. The van der Waals surface area contributed by atoms with E-state index in [9.17, 15) is 9.18 Å². The fourth-order valence-electron chi connectivity index (χ4n) is 3.35. The first kappa shape index (κ1) is 16.8. The molecule has 0 N–H and O–H groups in total. The van der Waals surface area contributed by atoms with Gasteiger partial charge in [-0.3, -0.25) is 9.36 Å². The standard InChI is InChI=1S/C20H18FN3OS/c1-26-20-22-13-18(24(20)16-10-8-15(21)9-11-16)19(25)23-12-4-6-14-5-2-3-7-17(14)23/h2-3,5,7-11,13H,4,6,12H2,1H3. The summed E-state index contributed by atoms with van der Waals surface area (Å²) in [5, 5.41) is 0.699. The Kier molecular flexibility index (Phi) is 4.51. The Morgan fingerprint density at radius 1 is 1.15 bits per heavy atom. The van der Waals surface area contributed by atoms with Crippen LogP contribution < -0.4 is 4.90 Å². The smallest absolute Gasteiger partial charge is 0.276 e. The maximum absolute atomic E-state index is 13.3. The van der Waals surface area contributed by atoms with E-state index in [1.807, 2.05) is 29.4 Å². The van der Waals surface area contributed by atoms with E-state index >= 15 is 0 Å². The van der Waals surface area contributed by atoms with Gasteiger partial charge >= 0.3 is 0 Å². The normalized spacial score (nSPS) is 13.5. The molecule has 1 aliphatic rings. The molecule has 0 spiro atoms. The molecule has 4 rings (SSSR count). The van der Waals surface area contributed by atoms with E-state index < -0.39 is 0 Å². The van der Waals surface area contributed by atoms with Gasteiger partial charge in [-0.2, -0.15) is 0 Å². The highest BCUT2D eigenvalue weighted by atomic mass is 32.2. The molecule has 0 aliphatic carbocycles. The molecule has 1 aromatic heterocycles. The minimum absolute atomic E-state index is 0.0886. The Morgan fingerprint density at radius 2 is 1.92 bits per heavy atom. The molecule has 2 aromatic carbocycles. The number of aryl methyl sites for hydroxylation is 1. The Hall–Kier alpha value is -2.60. The van der Waals surface area contributed by atoms with Gasteiger partial charge in [0.2, 0.25) is 0 Å². The molecule has 132 valence electrons. The van der Waals surface area contributed by atoms with E-state index in [-0.39, 0.29) is 11.7 Å². The summed E-state index contributed by atoms with van der Waals surface area (Å²) < 4.78 is 15.1. The van der Waals surface area contributed by atoms with Crippen molar-refractivity contribution >= 4 is 23.4 Å². The third-order valence-electron chi connectivity index (χ3n) is 4.57. The van der Waals surface area contributed by atoms with Crippen LogP contribution in [0.2, 0.25) is 0 Å². The number of nitrogens with zero attached hydrogens (tertiary/aromatic N) is 3. The molecule has 0 unspecified atom stereocenters. The van der Waals surface area contributed by atoms with Gasteiger partial charge in [0.25, 0.3) is 5.91 Å². The number of carbonyl (C=O) groups is 1. The van der Waals surface area contributed by atoms with Crippen LogP contribution in [-0.4, -0.2) is 28.3 Å². The molecule has 6 heteroatoms. The zero-order valence-corrected chi connectivity index (χ0v) is 15.2. The number of anilines is 1. The highest BCUT2D eigenvalue weighted by Crippen LogP contribution is 2.30. The van der Waals surface area contributed by atoms with Crippen molar-refractivity contribution in [1.29, 1.82) is 0 Å². The predicted molar refractivity (Wildman–Crippen MR) is 102 cm³/mol. The highest BCUT2D eigenvalue weighted by molar-refractivity contribution is 7.98. The first-order chi connectivity index (χ1) is 12.7. The monoisotopic (exact) mass is 367 g/mol. The predicted octanol–water partition coefficient (Wildman–Crippen LogP) is 4.33. The van der Waals surface area contributed by atoms with Gasteiger partial charge in [-0.1, -0.05) is 30.0 Å². The average molecular weight is 367 g/mol. The topological polar surface area (TPSA) is 38.1 Å². The van der Waals surface area contributed by atoms with E-state index in [1.165, 1.54) is 29.5 Å². The van der Waals surface area contributed by atoms with Crippen molar-refractivity contribution in [2.75, 3.05) is 17.7 Å². The average Bonchev–Trinajstić information content (AvgIpc) is 3.11. The lowest BCUT2D eigenvalue weighted by Crippen LogP contribution is -2.36. The zero-order valence-electron chi connectivity index (χ0n) is 14.4. The van der Waals surface area contributed by atoms with Gasteiger partial charge in [0.05, 0.1) is 6.20 Å². The van der Waals surface area contributed by atoms with E-state index in [4.69, 9.17) is 0 Å². The van der Waals surface area contributed by atoms with Crippen molar-refractivity contribution in [3.05, 3.63) is 71.8 Å². The molecule has 1 amide bonds. The Bertz CT molecular complexity index is 952. The zero-order chi connectivity index (χ0) is 18.1. The number of benzene rings is 2. The van der Waals surface area contributed by atoms with Crippen LogP contribution in [0.15, 0.2) is 59.9 Å². The fourth-order valence-corrected chi connectivity index (χ4v) is 3.90. The highest BCUT2D eigenvalue weighted by Gasteiger charge is 2.27. The maximum atomic E-state index is 13.3. The van der Waals surface area contributed by atoms with Gasteiger partial charge in [-0.25, -0.2) is 9.37 Å². The fraction of sp³-hybridized carbons (Fsp3) is 0.200. The molecule has 3 aromatic rings. The van der Waals surface area contributed by atoms with Crippen LogP contribution in [0.5, 0.6) is 0 Å². The molecule has 0 saturated heterocycles. The minimum atomic E-state index is -0.308. The lowest BCUT2D eigenvalue weighted by Gasteiger charge is -2.29. The summed E-state index contributed by atoms with van der Waals surface area (Å²) >= 11 is 1.45. The molecular formula is C20H18FN3OS. The minimum Gasteiger partial charge on any atom is -0.307 e. The second kappa shape index (κ2) is 6.96. The van der Waals surface area contributed by atoms with E-state index in [1.54, 1.807) is 22.9 Å². The number of para-hydroxylation sites is 1. The first-order valence-electron chi connectivity index (χ1n) is 8.46. The van der Waals surface area contributed by atoms with Crippen LogP contribution in [0.3, 0.4) is 0 Å². The van der Waals surface area contributed by atoms with E-state index in [2.05, 4.69) is 11.1 Å². The van der Waals surface area contributed by atoms with Crippen molar-refractivity contribution < 1.29 is 9.18 Å². The quantitative estimate of drug-likeness (QED) is 0.647. The summed E-state index contributed by atoms with van der Waals surface area (Å²) in [6, 6.07) is 14.1. The summed E-state index contributed by atoms with van der Waals surface area (Å²) in [6.45, 7) is 0.680. The Morgan fingerprint density at radius 3 is 2.69 bits per heavy atom. The van der Waals surface area contributed by atoms with Crippen LogP contribution in [0.1, 0.15) is 22.5 Å². The van der Waals surface area contributed by atoms with Gasteiger partial charge in [0, 0.05) is 17.9 Å². The number of fused-ring (bicyclic) bond motifs is 1. The molecule has 0 bridgehead atoms. The van der Waals surface area contributed by atoms with E-state index in [0.29, 0.717) is 17.4 Å². The number of amides is 1. The number of carbonyl (C=O) groups excluding carboxylic acids is 1. The first-order valence-corrected chi connectivity index (χ1v) is 9.69. The third kappa shape index (κ3) is 2.90. The van der Waals surface area contributed by atoms with Crippen molar-refractivity contribution in [3.63, 3.8) is 0 Å². The van der Waals surface area contributed by atoms with Gasteiger partial charge < -0.3 is 4.90 Å². The molecule has 1 aliphatic heterocycles. The van der Waals surface area contributed by atoms with Crippen LogP contribution in [0, 0.1) is 5.82 Å². The number of thioether (sulfide) groups is 1. The maximum Gasteiger partial charge on any atom is 0.276 e. The molecule has 0 atom stereocenters. The molecular weight excluding hydrogens is 349 g/mol. The second-order valence-electron chi connectivity index (χ2n) is 6.13. The van der Waals surface area contributed by atoms with Crippen LogP contribution in [0.25, 0.3) is 5.69 Å². The number of hydrogen-bond donors (Lipinski definition) is 0. The summed E-state index contributed by atoms with van der Waals surface area (Å²) in [4.78, 5) is 19.5.